The van der Waals surface area contributed by atoms with Gasteiger partial charge in [-0.2, -0.15) is 0 Å². The van der Waals surface area contributed by atoms with E-state index in [4.69, 9.17) is 0 Å². The number of rotatable bonds is 5. The van der Waals surface area contributed by atoms with Crippen LogP contribution >= 0.6 is 0 Å². The Labute approximate surface area is 126 Å². The molecule has 0 bridgehead atoms. The molecule has 1 aliphatic heterocycles. The summed E-state index contributed by atoms with van der Waals surface area (Å²) in [5, 5.41) is 6.44. The highest BCUT2D eigenvalue weighted by atomic mass is 19.1. The Morgan fingerprint density at radius 1 is 1.38 bits per heavy atom. The van der Waals surface area contributed by atoms with Gasteiger partial charge in [0.05, 0.1) is 6.04 Å². The second kappa shape index (κ2) is 7.55. The molecule has 0 aliphatic carbocycles. The first-order valence-electron chi connectivity index (χ1n) is 7.82. The van der Waals surface area contributed by atoms with Crippen LogP contribution in [0.4, 0.5) is 4.39 Å². The molecule has 2 atom stereocenters. The van der Waals surface area contributed by atoms with Gasteiger partial charge >= 0.3 is 0 Å². The van der Waals surface area contributed by atoms with E-state index in [0.29, 0.717) is 12.3 Å². The maximum Gasteiger partial charge on any atom is 0.220 e. The number of carbonyl (C=O) groups excluding carboxylic acids is 1. The van der Waals surface area contributed by atoms with Crippen LogP contribution in [-0.4, -0.2) is 19.0 Å². The summed E-state index contributed by atoms with van der Waals surface area (Å²) in [6.07, 6.45) is 2.82. The predicted molar refractivity (Wildman–Crippen MR) is 82.3 cm³/mol. The van der Waals surface area contributed by atoms with E-state index in [0.717, 1.165) is 31.5 Å². The lowest BCUT2D eigenvalue weighted by Gasteiger charge is -2.26. The van der Waals surface area contributed by atoms with Gasteiger partial charge in [0, 0.05) is 6.42 Å². The van der Waals surface area contributed by atoms with Crippen LogP contribution in [0, 0.1) is 17.7 Å². The summed E-state index contributed by atoms with van der Waals surface area (Å²) < 4.78 is 13.0. The minimum Gasteiger partial charge on any atom is -0.349 e. The van der Waals surface area contributed by atoms with Crippen molar-refractivity contribution in [2.24, 2.45) is 11.8 Å². The Morgan fingerprint density at radius 3 is 2.67 bits per heavy atom. The molecular weight excluding hydrogens is 267 g/mol. The van der Waals surface area contributed by atoms with Crippen molar-refractivity contribution >= 4 is 5.91 Å². The monoisotopic (exact) mass is 292 g/mol. The normalized spacial score (nSPS) is 20.3. The van der Waals surface area contributed by atoms with E-state index in [1.165, 1.54) is 12.1 Å². The van der Waals surface area contributed by atoms with Crippen LogP contribution in [0.3, 0.4) is 0 Å². The van der Waals surface area contributed by atoms with Gasteiger partial charge in [-0.1, -0.05) is 26.0 Å². The lowest BCUT2D eigenvalue weighted by atomic mass is 9.93. The Morgan fingerprint density at radius 2 is 2.10 bits per heavy atom. The minimum atomic E-state index is -0.249. The van der Waals surface area contributed by atoms with Crippen LogP contribution in [-0.2, 0) is 4.79 Å². The molecule has 1 fully saturated rings. The zero-order chi connectivity index (χ0) is 15.2. The third kappa shape index (κ3) is 4.81. The second-order valence-electron chi connectivity index (χ2n) is 6.26. The van der Waals surface area contributed by atoms with Crippen LogP contribution in [0.1, 0.15) is 44.7 Å². The third-order valence-corrected chi connectivity index (χ3v) is 4.09. The summed E-state index contributed by atoms with van der Waals surface area (Å²) in [7, 11) is 0. The second-order valence-corrected chi connectivity index (χ2v) is 6.26. The molecule has 3 nitrogen and oxygen atoms in total. The van der Waals surface area contributed by atoms with Crippen LogP contribution < -0.4 is 10.6 Å². The number of hydrogen-bond acceptors (Lipinski definition) is 2. The molecule has 2 unspecified atom stereocenters. The zero-order valence-corrected chi connectivity index (χ0v) is 12.9. The molecule has 0 radical (unpaired) electrons. The fourth-order valence-electron chi connectivity index (χ4n) is 2.90. The first-order chi connectivity index (χ1) is 10.1. The molecule has 1 aromatic carbocycles. The Balaban J connectivity index is 1.95. The van der Waals surface area contributed by atoms with Crippen molar-refractivity contribution in [3.63, 3.8) is 0 Å². The highest BCUT2D eigenvalue weighted by Crippen LogP contribution is 2.23. The third-order valence-electron chi connectivity index (χ3n) is 4.09. The van der Waals surface area contributed by atoms with Crippen molar-refractivity contribution in [3.05, 3.63) is 35.6 Å². The molecule has 1 heterocycles. The lowest BCUT2D eigenvalue weighted by molar-refractivity contribution is -0.123. The molecule has 4 heteroatoms. The van der Waals surface area contributed by atoms with Gasteiger partial charge in [-0.05, 0) is 55.5 Å². The van der Waals surface area contributed by atoms with Gasteiger partial charge in [0.25, 0.3) is 0 Å². The number of carbonyl (C=O) groups is 1. The first kappa shape index (κ1) is 16.0. The quantitative estimate of drug-likeness (QED) is 0.876. The molecule has 2 rings (SSSR count). The molecule has 0 aromatic heterocycles. The Kier molecular flexibility index (Phi) is 5.74. The molecule has 1 saturated heterocycles. The number of halogens is 1. The average Bonchev–Trinajstić information content (AvgIpc) is 2.47. The summed E-state index contributed by atoms with van der Waals surface area (Å²) in [6, 6.07) is 6.34. The van der Waals surface area contributed by atoms with Crippen molar-refractivity contribution in [2.45, 2.75) is 39.2 Å². The number of nitrogens with one attached hydrogen (secondary N) is 2. The van der Waals surface area contributed by atoms with Crippen molar-refractivity contribution in [1.82, 2.24) is 10.6 Å². The van der Waals surface area contributed by atoms with Gasteiger partial charge in [0.2, 0.25) is 5.91 Å². The fourth-order valence-corrected chi connectivity index (χ4v) is 2.90. The van der Waals surface area contributed by atoms with Gasteiger partial charge in [-0.25, -0.2) is 4.39 Å². The number of amides is 1. The van der Waals surface area contributed by atoms with E-state index < -0.39 is 0 Å². The van der Waals surface area contributed by atoms with Crippen molar-refractivity contribution in [2.75, 3.05) is 13.1 Å². The van der Waals surface area contributed by atoms with Crippen molar-refractivity contribution in [1.29, 1.82) is 0 Å². The lowest BCUT2D eigenvalue weighted by Crippen LogP contribution is -2.36. The van der Waals surface area contributed by atoms with Gasteiger partial charge in [-0.3, -0.25) is 4.79 Å². The molecule has 1 aromatic rings. The first-order valence-corrected chi connectivity index (χ1v) is 7.82. The van der Waals surface area contributed by atoms with Gasteiger partial charge < -0.3 is 10.6 Å². The van der Waals surface area contributed by atoms with E-state index in [1.807, 2.05) is 0 Å². The van der Waals surface area contributed by atoms with E-state index in [-0.39, 0.29) is 23.7 Å². The SMILES string of the molecule is CC(C)C(NC(=O)CC1CCCNC1)c1ccc(F)cc1. The highest BCUT2D eigenvalue weighted by Gasteiger charge is 2.21. The standard InChI is InChI=1S/C17H25FN2O/c1-12(2)17(14-5-7-15(18)8-6-14)20-16(21)10-13-4-3-9-19-11-13/h5-8,12-13,17,19H,3-4,9-11H2,1-2H3,(H,20,21). The predicted octanol–water partition coefficient (Wildman–Crippen LogP) is 3.03. The highest BCUT2D eigenvalue weighted by molar-refractivity contribution is 5.76. The maximum absolute atomic E-state index is 13.0. The molecule has 2 N–H and O–H groups in total. The summed E-state index contributed by atoms with van der Waals surface area (Å²) in [6.45, 7) is 6.12. The van der Waals surface area contributed by atoms with Crippen LogP contribution in [0.2, 0.25) is 0 Å². The minimum absolute atomic E-state index is 0.0605. The fraction of sp³-hybridized carbons (Fsp3) is 0.588. The largest absolute Gasteiger partial charge is 0.349 e. The van der Waals surface area contributed by atoms with E-state index in [2.05, 4.69) is 24.5 Å². The van der Waals surface area contributed by atoms with Gasteiger partial charge in [-0.15, -0.1) is 0 Å². The van der Waals surface area contributed by atoms with Crippen molar-refractivity contribution in [3.8, 4) is 0 Å². The smallest absolute Gasteiger partial charge is 0.220 e. The molecule has 116 valence electrons. The van der Waals surface area contributed by atoms with Crippen LogP contribution in [0.5, 0.6) is 0 Å². The summed E-state index contributed by atoms with van der Waals surface area (Å²) >= 11 is 0. The molecule has 0 saturated carbocycles. The zero-order valence-electron chi connectivity index (χ0n) is 12.9. The summed E-state index contributed by atoms with van der Waals surface area (Å²) in [5.41, 5.74) is 0.960. The molecule has 0 spiro atoms. The Bertz CT molecular complexity index is 452. The molecule has 21 heavy (non-hydrogen) atoms. The topological polar surface area (TPSA) is 41.1 Å². The van der Waals surface area contributed by atoms with Crippen LogP contribution in [0.15, 0.2) is 24.3 Å². The van der Waals surface area contributed by atoms with Gasteiger partial charge in [0.15, 0.2) is 0 Å². The van der Waals surface area contributed by atoms with E-state index in [9.17, 15) is 9.18 Å². The number of hydrogen-bond donors (Lipinski definition) is 2. The summed E-state index contributed by atoms with van der Waals surface area (Å²) in [5.74, 6) is 0.538. The van der Waals surface area contributed by atoms with E-state index in [1.54, 1.807) is 12.1 Å². The number of benzene rings is 1. The Hall–Kier alpha value is -1.42. The average molecular weight is 292 g/mol. The molecular formula is C17H25FN2O. The summed E-state index contributed by atoms with van der Waals surface area (Å²) in [4.78, 5) is 12.3. The molecule has 1 amide bonds. The van der Waals surface area contributed by atoms with Gasteiger partial charge in [0.1, 0.15) is 5.82 Å². The number of piperidine rings is 1. The maximum atomic E-state index is 13.0. The van der Waals surface area contributed by atoms with Crippen LogP contribution in [0.25, 0.3) is 0 Å². The molecule has 1 aliphatic rings. The van der Waals surface area contributed by atoms with E-state index >= 15 is 0 Å². The van der Waals surface area contributed by atoms with Crippen molar-refractivity contribution < 1.29 is 9.18 Å².